The molecule has 0 aliphatic carbocycles. The third-order valence-electron chi connectivity index (χ3n) is 3.10. The Balaban J connectivity index is 2.12. The molecular formula is C12H18BrN3O. The Kier molecular flexibility index (Phi) is 4.34. The van der Waals surface area contributed by atoms with Crippen LogP contribution in [0.2, 0.25) is 0 Å². The van der Waals surface area contributed by atoms with Crippen LogP contribution in [0.5, 0.6) is 0 Å². The van der Waals surface area contributed by atoms with Crippen LogP contribution in [0.1, 0.15) is 32.6 Å². The maximum absolute atomic E-state index is 9.54. The van der Waals surface area contributed by atoms with Crippen LogP contribution in [0.4, 0.5) is 5.95 Å². The van der Waals surface area contributed by atoms with E-state index in [4.69, 9.17) is 0 Å². The number of anilines is 1. The van der Waals surface area contributed by atoms with E-state index < -0.39 is 0 Å². The van der Waals surface area contributed by atoms with Crippen LogP contribution >= 0.6 is 15.9 Å². The van der Waals surface area contributed by atoms with Crippen molar-refractivity contribution in [2.45, 2.75) is 44.8 Å². The number of aliphatic hydroxyl groups excluding tert-OH is 1. The van der Waals surface area contributed by atoms with E-state index in [0.29, 0.717) is 6.04 Å². The maximum Gasteiger partial charge on any atom is 0.225 e. The highest BCUT2D eigenvalue weighted by Gasteiger charge is 2.25. The number of hydrogen-bond acceptors (Lipinski definition) is 4. The fraction of sp³-hybridized carbons (Fsp3) is 0.667. The molecule has 5 heteroatoms. The van der Waals surface area contributed by atoms with E-state index in [1.807, 2.05) is 6.92 Å². The minimum absolute atomic E-state index is 0.268. The van der Waals surface area contributed by atoms with Gasteiger partial charge in [0.1, 0.15) is 0 Å². The summed E-state index contributed by atoms with van der Waals surface area (Å²) < 4.78 is 0.894. The Bertz CT molecular complexity index is 355. The quantitative estimate of drug-likeness (QED) is 0.931. The highest BCUT2D eigenvalue weighted by molar-refractivity contribution is 9.10. The third kappa shape index (κ3) is 3.39. The number of rotatable bonds is 3. The smallest absolute Gasteiger partial charge is 0.225 e. The van der Waals surface area contributed by atoms with Gasteiger partial charge in [-0.2, -0.15) is 0 Å². The molecule has 2 atom stereocenters. The molecule has 0 aromatic carbocycles. The second kappa shape index (κ2) is 5.78. The van der Waals surface area contributed by atoms with Crippen molar-refractivity contribution in [3.8, 4) is 0 Å². The molecular weight excluding hydrogens is 282 g/mol. The molecule has 0 spiro atoms. The summed E-state index contributed by atoms with van der Waals surface area (Å²) in [5.41, 5.74) is 0. The molecule has 0 saturated carbocycles. The number of aliphatic hydroxyl groups is 1. The second-order valence-electron chi connectivity index (χ2n) is 4.63. The van der Waals surface area contributed by atoms with Crippen LogP contribution in [-0.4, -0.2) is 33.8 Å². The van der Waals surface area contributed by atoms with Crippen molar-refractivity contribution in [2.75, 3.05) is 11.4 Å². The zero-order valence-corrected chi connectivity index (χ0v) is 11.6. The molecule has 17 heavy (non-hydrogen) atoms. The lowest BCUT2D eigenvalue weighted by molar-refractivity contribution is 0.167. The first kappa shape index (κ1) is 12.8. The molecule has 1 N–H and O–H groups in total. The topological polar surface area (TPSA) is 49.2 Å². The molecule has 1 fully saturated rings. The summed E-state index contributed by atoms with van der Waals surface area (Å²) in [6.45, 7) is 2.83. The Morgan fingerprint density at radius 2 is 2.18 bits per heavy atom. The molecule has 2 heterocycles. The van der Waals surface area contributed by atoms with E-state index >= 15 is 0 Å². The van der Waals surface area contributed by atoms with Crippen molar-refractivity contribution in [1.82, 2.24) is 9.97 Å². The van der Waals surface area contributed by atoms with Crippen molar-refractivity contribution < 1.29 is 5.11 Å². The molecule has 1 aliphatic heterocycles. The van der Waals surface area contributed by atoms with Gasteiger partial charge in [0.05, 0.1) is 10.6 Å². The van der Waals surface area contributed by atoms with Gasteiger partial charge in [-0.15, -0.1) is 0 Å². The van der Waals surface area contributed by atoms with Gasteiger partial charge in [-0.1, -0.05) is 0 Å². The normalized spacial score (nSPS) is 22.5. The number of halogens is 1. The molecule has 4 nitrogen and oxygen atoms in total. The predicted molar refractivity (Wildman–Crippen MR) is 71.0 cm³/mol. The molecule has 2 rings (SSSR count). The monoisotopic (exact) mass is 299 g/mol. The largest absolute Gasteiger partial charge is 0.393 e. The average molecular weight is 300 g/mol. The van der Waals surface area contributed by atoms with Crippen LogP contribution in [0.3, 0.4) is 0 Å². The zero-order valence-electron chi connectivity index (χ0n) is 10.0. The first-order valence-electron chi connectivity index (χ1n) is 6.09. The molecule has 0 bridgehead atoms. The lowest BCUT2D eigenvalue weighted by atomic mass is 9.98. The number of hydrogen-bond donors (Lipinski definition) is 1. The van der Waals surface area contributed by atoms with Crippen molar-refractivity contribution in [3.63, 3.8) is 0 Å². The lowest BCUT2D eigenvalue weighted by Gasteiger charge is -2.36. The van der Waals surface area contributed by atoms with Gasteiger partial charge in [0, 0.05) is 25.0 Å². The summed E-state index contributed by atoms with van der Waals surface area (Å²) in [5, 5.41) is 9.54. The van der Waals surface area contributed by atoms with E-state index in [-0.39, 0.29) is 6.10 Å². The second-order valence-corrected chi connectivity index (χ2v) is 5.54. The lowest BCUT2D eigenvalue weighted by Crippen LogP contribution is -2.42. The first-order chi connectivity index (χ1) is 8.16. The standard InChI is InChI=1S/C12H18BrN3O/c1-9(17)6-11-4-2-3-5-16(11)12-14-7-10(13)8-15-12/h7-9,11,17H,2-6H2,1H3/t9-,11-/m1/s1. The number of aromatic nitrogens is 2. The molecule has 0 radical (unpaired) electrons. The summed E-state index contributed by atoms with van der Waals surface area (Å²) in [4.78, 5) is 10.9. The van der Waals surface area contributed by atoms with Crippen LogP contribution in [-0.2, 0) is 0 Å². The van der Waals surface area contributed by atoms with Gasteiger partial charge in [0.2, 0.25) is 5.95 Å². The van der Waals surface area contributed by atoms with Crippen LogP contribution in [0, 0.1) is 0 Å². The summed E-state index contributed by atoms with van der Waals surface area (Å²) in [6, 6.07) is 0.366. The van der Waals surface area contributed by atoms with Crippen LogP contribution in [0.25, 0.3) is 0 Å². The van der Waals surface area contributed by atoms with Gasteiger partial charge in [0.15, 0.2) is 0 Å². The number of piperidine rings is 1. The Morgan fingerprint density at radius 1 is 1.47 bits per heavy atom. The van der Waals surface area contributed by atoms with E-state index in [0.717, 1.165) is 29.8 Å². The van der Waals surface area contributed by atoms with Crippen LogP contribution < -0.4 is 4.90 Å². The third-order valence-corrected chi connectivity index (χ3v) is 3.51. The van der Waals surface area contributed by atoms with E-state index in [1.54, 1.807) is 12.4 Å². The molecule has 1 aliphatic rings. The summed E-state index contributed by atoms with van der Waals surface area (Å²) in [6.07, 6.45) is 7.59. The van der Waals surface area contributed by atoms with E-state index in [9.17, 15) is 5.11 Å². The van der Waals surface area contributed by atoms with Gasteiger partial charge < -0.3 is 10.0 Å². The van der Waals surface area contributed by atoms with Crippen LogP contribution in [0.15, 0.2) is 16.9 Å². The molecule has 0 unspecified atom stereocenters. The van der Waals surface area contributed by atoms with Crippen molar-refractivity contribution in [1.29, 1.82) is 0 Å². The van der Waals surface area contributed by atoms with E-state index in [2.05, 4.69) is 30.8 Å². The maximum atomic E-state index is 9.54. The fourth-order valence-electron chi connectivity index (χ4n) is 2.36. The van der Waals surface area contributed by atoms with Crippen molar-refractivity contribution in [3.05, 3.63) is 16.9 Å². The highest BCUT2D eigenvalue weighted by Crippen LogP contribution is 2.24. The molecule has 0 amide bonds. The summed E-state index contributed by atoms with van der Waals surface area (Å²) >= 11 is 3.34. The fourth-order valence-corrected chi connectivity index (χ4v) is 2.56. The molecule has 1 aromatic heterocycles. The van der Waals surface area contributed by atoms with E-state index in [1.165, 1.54) is 12.8 Å². The molecule has 94 valence electrons. The Hall–Kier alpha value is -0.680. The minimum Gasteiger partial charge on any atom is -0.393 e. The average Bonchev–Trinajstić information content (AvgIpc) is 2.30. The van der Waals surface area contributed by atoms with Crippen molar-refractivity contribution in [2.24, 2.45) is 0 Å². The minimum atomic E-state index is -0.268. The summed E-state index contributed by atoms with van der Waals surface area (Å²) in [7, 11) is 0. The molecule has 1 aromatic rings. The Morgan fingerprint density at radius 3 is 2.82 bits per heavy atom. The summed E-state index contributed by atoms with van der Waals surface area (Å²) in [5.74, 6) is 0.776. The molecule has 1 saturated heterocycles. The first-order valence-corrected chi connectivity index (χ1v) is 6.88. The van der Waals surface area contributed by atoms with Gasteiger partial charge >= 0.3 is 0 Å². The van der Waals surface area contributed by atoms with Gasteiger partial charge in [-0.3, -0.25) is 0 Å². The highest BCUT2D eigenvalue weighted by atomic mass is 79.9. The SMILES string of the molecule is C[C@@H](O)C[C@H]1CCCCN1c1ncc(Br)cn1. The Labute approximate surface area is 110 Å². The predicted octanol–water partition coefficient (Wildman–Crippen LogP) is 2.37. The van der Waals surface area contributed by atoms with Gasteiger partial charge in [0.25, 0.3) is 0 Å². The van der Waals surface area contributed by atoms with Gasteiger partial charge in [-0.25, -0.2) is 9.97 Å². The van der Waals surface area contributed by atoms with Crippen molar-refractivity contribution >= 4 is 21.9 Å². The van der Waals surface area contributed by atoms with Gasteiger partial charge in [-0.05, 0) is 48.5 Å². The number of nitrogens with zero attached hydrogens (tertiary/aromatic N) is 3. The zero-order chi connectivity index (χ0) is 12.3.